The molecule has 1 rings (SSSR count). The minimum Gasteiger partial charge on any atom is -0.493 e. The van der Waals surface area contributed by atoms with Crippen molar-refractivity contribution in [2.24, 2.45) is 0 Å². The highest BCUT2D eigenvalue weighted by Gasteiger charge is 2.01. The molecular formula is C11H15BrO. The summed E-state index contributed by atoms with van der Waals surface area (Å²) in [4.78, 5) is 0. The molecule has 0 amide bonds. The molecule has 0 N–H and O–H groups in total. The predicted octanol–water partition coefficient (Wildman–Crippen LogP) is 3.68. The van der Waals surface area contributed by atoms with Gasteiger partial charge in [-0.05, 0) is 19.4 Å². The first-order valence-corrected chi connectivity index (χ1v) is 5.68. The molecule has 0 aliphatic heterocycles. The summed E-state index contributed by atoms with van der Waals surface area (Å²) in [5.41, 5.74) is 2.51. The Bertz CT molecular complexity index is 271. The molecule has 13 heavy (non-hydrogen) atoms. The molecule has 1 nitrogen and oxygen atoms in total. The second kappa shape index (κ2) is 5.28. The zero-order valence-corrected chi connectivity index (χ0v) is 9.73. The quantitative estimate of drug-likeness (QED) is 0.733. The highest BCUT2D eigenvalue weighted by atomic mass is 79.9. The number of halogens is 1. The van der Waals surface area contributed by atoms with Gasteiger partial charge in [-0.2, -0.15) is 0 Å². The smallest absolute Gasteiger partial charge is 0.123 e. The van der Waals surface area contributed by atoms with Gasteiger partial charge in [0.15, 0.2) is 0 Å². The van der Waals surface area contributed by atoms with Crippen molar-refractivity contribution < 1.29 is 4.74 Å². The van der Waals surface area contributed by atoms with Crippen LogP contribution in [0.4, 0.5) is 0 Å². The third-order valence-corrected chi connectivity index (χ3v) is 2.43. The van der Waals surface area contributed by atoms with E-state index in [0.29, 0.717) is 0 Å². The van der Waals surface area contributed by atoms with E-state index in [-0.39, 0.29) is 0 Å². The van der Waals surface area contributed by atoms with Gasteiger partial charge in [0.2, 0.25) is 0 Å². The predicted molar refractivity (Wildman–Crippen MR) is 59.6 cm³/mol. The van der Waals surface area contributed by atoms with Crippen LogP contribution in [0.15, 0.2) is 18.2 Å². The highest BCUT2D eigenvalue weighted by Crippen LogP contribution is 2.22. The molecule has 0 unspecified atom stereocenters. The largest absolute Gasteiger partial charge is 0.493 e. The lowest BCUT2D eigenvalue weighted by atomic mass is 10.1. The van der Waals surface area contributed by atoms with E-state index < -0.39 is 0 Å². The van der Waals surface area contributed by atoms with E-state index >= 15 is 0 Å². The van der Waals surface area contributed by atoms with Crippen molar-refractivity contribution in [3.63, 3.8) is 0 Å². The van der Waals surface area contributed by atoms with Crippen LogP contribution in [0, 0.1) is 6.92 Å². The maximum Gasteiger partial charge on any atom is 0.123 e. The molecule has 0 aliphatic carbocycles. The van der Waals surface area contributed by atoms with E-state index in [9.17, 15) is 0 Å². The third-order valence-electron chi connectivity index (χ3n) is 1.82. The summed E-state index contributed by atoms with van der Waals surface area (Å²) in [6.07, 6.45) is 1.05. The first-order chi connectivity index (χ1) is 6.27. The van der Waals surface area contributed by atoms with E-state index in [2.05, 4.69) is 41.9 Å². The lowest BCUT2D eigenvalue weighted by molar-refractivity contribution is 0.315. The Morgan fingerprint density at radius 1 is 1.38 bits per heavy atom. The Morgan fingerprint density at radius 3 is 2.77 bits per heavy atom. The van der Waals surface area contributed by atoms with Crippen LogP contribution in [-0.2, 0) is 5.33 Å². The molecule has 0 heterocycles. The summed E-state index contributed by atoms with van der Waals surface area (Å²) in [5, 5.41) is 0.855. The Labute approximate surface area is 88.2 Å². The number of hydrogen-bond acceptors (Lipinski definition) is 1. The van der Waals surface area contributed by atoms with Gasteiger partial charge in [0, 0.05) is 10.9 Å². The molecule has 0 spiro atoms. The molecule has 72 valence electrons. The normalized spacial score (nSPS) is 10.1. The summed E-state index contributed by atoms with van der Waals surface area (Å²) in [7, 11) is 0. The molecule has 0 saturated carbocycles. The van der Waals surface area contributed by atoms with Crippen molar-refractivity contribution in [2.45, 2.75) is 25.6 Å². The molecular weight excluding hydrogens is 228 g/mol. The minimum absolute atomic E-state index is 0.795. The van der Waals surface area contributed by atoms with Crippen LogP contribution in [0.2, 0.25) is 0 Å². The summed E-state index contributed by atoms with van der Waals surface area (Å²) in [6.45, 7) is 5.00. The second-order valence-electron chi connectivity index (χ2n) is 3.09. The van der Waals surface area contributed by atoms with Gasteiger partial charge in [-0.25, -0.2) is 0 Å². The maximum atomic E-state index is 5.60. The van der Waals surface area contributed by atoms with Gasteiger partial charge in [0.05, 0.1) is 6.61 Å². The number of hydrogen-bond donors (Lipinski definition) is 0. The van der Waals surface area contributed by atoms with Crippen LogP contribution in [-0.4, -0.2) is 6.61 Å². The molecule has 1 aromatic carbocycles. The first-order valence-electron chi connectivity index (χ1n) is 4.56. The summed E-state index contributed by atoms with van der Waals surface area (Å²) < 4.78 is 5.60. The van der Waals surface area contributed by atoms with Gasteiger partial charge in [0.1, 0.15) is 5.75 Å². The van der Waals surface area contributed by atoms with Gasteiger partial charge in [0.25, 0.3) is 0 Å². The van der Waals surface area contributed by atoms with Gasteiger partial charge >= 0.3 is 0 Å². The monoisotopic (exact) mass is 242 g/mol. The average Bonchev–Trinajstić information content (AvgIpc) is 2.16. The fourth-order valence-electron chi connectivity index (χ4n) is 1.17. The second-order valence-corrected chi connectivity index (χ2v) is 3.65. The Balaban J connectivity index is 2.79. The van der Waals surface area contributed by atoms with E-state index in [1.807, 2.05) is 6.07 Å². The Morgan fingerprint density at radius 2 is 2.15 bits per heavy atom. The molecule has 0 saturated heterocycles. The third kappa shape index (κ3) is 3.03. The van der Waals surface area contributed by atoms with Crippen LogP contribution >= 0.6 is 15.9 Å². The Kier molecular flexibility index (Phi) is 4.29. The SMILES string of the molecule is CCCOc1ccc(C)cc1CBr. The lowest BCUT2D eigenvalue weighted by Gasteiger charge is -2.09. The Hall–Kier alpha value is -0.500. The van der Waals surface area contributed by atoms with Crippen LogP contribution in [0.3, 0.4) is 0 Å². The lowest BCUT2D eigenvalue weighted by Crippen LogP contribution is -1.97. The first kappa shape index (κ1) is 10.6. The molecule has 0 radical (unpaired) electrons. The van der Waals surface area contributed by atoms with E-state index in [4.69, 9.17) is 4.74 Å². The van der Waals surface area contributed by atoms with Gasteiger partial charge in [-0.15, -0.1) is 0 Å². The van der Waals surface area contributed by atoms with E-state index in [1.54, 1.807) is 0 Å². The van der Waals surface area contributed by atoms with Crippen LogP contribution < -0.4 is 4.74 Å². The molecule has 1 aromatic rings. The summed E-state index contributed by atoms with van der Waals surface area (Å²) in [6, 6.07) is 6.28. The maximum absolute atomic E-state index is 5.60. The van der Waals surface area contributed by atoms with Crippen molar-refractivity contribution in [1.82, 2.24) is 0 Å². The molecule has 0 atom stereocenters. The molecule has 0 aliphatic rings. The van der Waals surface area contributed by atoms with Crippen molar-refractivity contribution in [2.75, 3.05) is 6.61 Å². The molecule has 2 heteroatoms. The number of ether oxygens (including phenoxy) is 1. The number of aryl methyl sites for hydroxylation is 1. The van der Waals surface area contributed by atoms with Gasteiger partial charge < -0.3 is 4.74 Å². The molecule has 0 fully saturated rings. The van der Waals surface area contributed by atoms with Crippen LogP contribution in [0.25, 0.3) is 0 Å². The molecule has 0 aromatic heterocycles. The number of rotatable bonds is 4. The van der Waals surface area contributed by atoms with Crippen LogP contribution in [0.1, 0.15) is 24.5 Å². The highest BCUT2D eigenvalue weighted by molar-refractivity contribution is 9.08. The summed E-state index contributed by atoms with van der Waals surface area (Å²) in [5.74, 6) is 1.00. The van der Waals surface area contributed by atoms with Crippen molar-refractivity contribution in [3.8, 4) is 5.75 Å². The van der Waals surface area contributed by atoms with Gasteiger partial charge in [-0.3, -0.25) is 0 Å². The average molecular weight is 243 g/mol. The van der Waals surface area contributed by atoms with E-state index in [1.165, 1.54) is 11.1 Å². The van der Waals surface area contributed by atoms with Crippen molar-refractivity contribution >= 4 is 15.9 Å². The van der Waals surface area contributed by atoms with Crippen LogP contribution in [0.5, 0.6) is 5.75 Å². The number of benzene rings is 1. The fourth-order valence-corrected chi connectivity index (χ4v) is 1.60. The topological polar surface area (TPSA) is 9.23 Å². The standard InChI is InChI=1S/C11H15BrO/c1-3-6-13-11-5-4-9(2)7-10(11)8-12/h4-5,7H,3,6,8H2,1-2H3. The molecule has 0 bridgehead atoms. The van der Waals surface area contributed by atoms with E-state index in [0.717, 1.165) is 24.1 Å². The zero-order valence-electron chi connectivity index (χ0n) is 8.14. The summed E-state index contributed by atoms with van der Waals surface area (Å²) >= 11 is 3.45. The number of alkyl halides is 1. The zero-order chi connectivity index (χ0) is 9.68. The van der Waals surface area contributed by atoms with Crippen molar-refractivity contribution in [1.29, 1.82) is 0 Å². The van der Waals surface area contributed by atoms with Gasteiger partial charge in [-0.1, -0.05) is 40.5 Å². The fraction of sp³-hybridized carbons (Fsp3) is 0.455. The minimum atomic E-state index is 0.795. The van der Waals surface area contributed by atoms with Crippen molar-refractivity contribution in [3.05, 3.63) is 29.3 Å².